The summed E-state index contributed by atoms with van der Waals surface area (Å²) in [5.41, 5.74) is 1.12. The molecule has 1 fully saturated rings. The molecular formula is C16H21NO3. The minimum Gasteiger partial charge on any atom is -0.491 e. The quantitative estimate of drug-likeness (QED) is 0.811. The molecule has 0 aromatic heterocycles. The highest BCUT2D eigenvalue weighted by Gasteiger charge is 2.25. The largest absolute Gasteiger partial charge is 0.491 e. The Balaban J connectivity index is 2.13. The summed E-state index contributed by atoms with van der Waals surface area (Å²) >= 11 is 0. The summed E-state index contributed by atoms with van der Waals surface area (Å²) in [4.78, 5) is 22.9. The zero-order valence-electron chi connectivity index (χ0n) is 12.0. The number of amides is 1. The second kappa shape index (κ2) is 6.55. The zero-order chi connectivity index (χ0) is 14.5. The van der Waals surface area contributed by atoms with Crippen molar-refractivity contribution in [3.8, 4) is 5.75 Å². The van der Waals surface area contributed by atoms with Crippen LogP contribution in [0.5, 0.6) is 5.75 Å². The lowest BCUT2D eigenvalue weighted by Crippen LogP contribution is -2.28. The first-order chi connectivity index (χ1) is 9.60. The summed E-state index contributed by atoms with van der Waals surface area (Å²) in [5, 5.41) is 2.89. The molecule has 0 unspecified atom stereocenters. The number of aldehydes is 1. The molecule has 0 atom stereocenters. The number of hydrogen-bond acceptors (Lipinski definition) is 3. The monoisotopic (exact) mass is 275 g/mol. The molecule has 0 aliphatic heterocycles. The van der Waals surface area contributed by atoms with Gasteiger partial charge >= 0.3 is 0 Å². The van der Waals surface area contributed by atoms with E-state index in [0.717, 1.165) is 25.5 Å². The lowest BCUT2D eigenvalue weighted by atomic mass is 9.85. The average molecular weight is 275 g/mol. The molecule has 0 saturated heterocycles. The maximum Gasteiger partial charge on any atom is 0.227 e. The minimum atomic E-state index is 0.0219. The number of hydrogen-bond donors (Lipinski definition) is 1. The molecule has 1 aromatic rings. The summed E-state index contributed by atoms with van der Waals surface area (Å²) in [6, 6.07) is 5.10. The van der Waals surface area contributed by atoms with Crippen LogP contribution in [0.4, 0.5) is 5.69 Å². The maximum absolute atomic E-state index is 12.0. The Morgan fingerprint density at radius 2 is 2.20 bits per heavy atom. The molecule has 4 nitrogen and oxygen atoms in total. The van der Waals surface area contributed by atoms with Gasteiger partial charge in [0, 0.05) is 11.5 Å². The van der Waals surface area contributed by atoms with Gasteiger partial charge in [0.05, 0.1) is 12.3 Å². The smallest absolute Gasteiger partial charge is 0.227 e. The number of ether oxygens (including phenoxy) is 1. The molecule has 1 aromatic carbocycles. The summed E-state index contributed by atoms with van der Waals surface area (Å²) < 4.78 is 5.70. The van der Waals surface area contributed by atoms with Gasteiger partial charge in [-0.2, -0.15) is 0 Å². The molecule has 1 N–H and O–H groups in total. The van der Waals surface area contributed by atoms with E-state index >= 15 is 0 Å². The van der Waals surface area contributed by atoms with Crippen molar-refractivity contribution in [2.45, 2.75) is 33.1 Å². The lowest BCUT2D eigenvalue weighted by Gasteiger charge is -2.24. The SMILES string of the molecule is CC(C)COc1ccc(C=O)cc1NC(=O)C1CCC1. The maximum atomic E-state index is 12.0. The van der Waals surface area contributed by atoms with E-state index in [1.54, 1.807) is 18.2 Å². The first kappa shape index (κ1) is 14.6. The fraction of sp³-hybridized carbons (Fsp3) is 0.500. The molecule has 4 heteroatoms. The van der Waals surface area contributed by atoms with Crippen LogP contribution in [0.25, 0.3) is 0 Å². The Morgan fingerprint density at radius 1 is 1.45 bits per heavy atom. The number of carbonyl (C=O) groups excluding carboxylic acids is 2. The van der Waals surface area contributed by atoms with E-state index in [-0.39, 0.29) is 11.8 Å². The van der Waals surface area contributed by atoms with E-state index in [2.05, 4.69) is 19.2 Å². The van der Waals surface area contributed by atoms with Crippen LogP contribution in [0.15, 0.2) is 18.2 Å². The van der Waals surface area contributed by atoms with Gasteiger partial charge in [-0.1, -0.05) is 20.3 Å². The van der Waals surface area contributed by atoms with Crippen molar-refractivity contribution in [1.29, 1.82) is 0 Å². The molecule has 0 spiro atoms. The van der Waals surface area contributed by atoms with Crippen molar-refractivity contribution in [1.82, 2.24) is 0 Å². The highest BCUT2D eigenvalue weighted by atomic mass is 16.5. The van der Waals surface area contributed by atoms with Gasteiger partial charge in [0.15, 0.2) is 0 Å². The van der Waals surface area contributed by atoms with Crippen molar-refractivity contribution in [3.05, 3.63) is 23.8 Å². The number of benzene rings is 1. The van der Waals surface area contributed by atoms with Crippen LogP contribution in [0.1, 0.15) is 43.5 Å². The third-order valence-electron chi connectivity index (χ3n) is 3.45. The Labute approximate surface area is 119 Å². The summed E-state index contributed by atoms with van der Waals surface area (Å²) in [7, 11) is 0. The summed E-state index contributed by atoms with van der Waals surface area (Å²) in [5.74, 6) is 1.15. The van der Waals surface area contributed by atoms with Gasteiger partial charge in [-0.15, -0.1) is 0 Å². The molecule has 2 rings (SSSR count). The molecule has 1 aliphatic carbocycles. The van der Waals surface area contributed by atoms with E-state index < -0.39 is 0 Å². The van der Waals surface area contributed by atoms with Crippen molar-refractivity contribution in [2.75, 3.05) is 11.9 Å². The van der Waals surface area contributed by atoms with Gasteiger partial charge in [-0.3, -0.25) is 9.59 Å². The van der Waals surface area contributed by atoms with Crippen LogP contribution < -0.4 is 10.1 Å². The van der Waals surface area contributed by atoms with E-state index in [4.69, 9.17) is 4.74 Å². The van der Waals surface area contributed by atoms with Crippen LogP contribution in [0, 0.1) is 11.8 Å². The second-order valence-corrected chi connectivity index (χ2v) is 5.70. The fourth-order valence-electron chi connectivity index (χ4n) is 2.01. The number of rotatable bonds is 6. The number of carbonyl (C=O) groups is 2. The van der Waals surface area contributed by atoms with E-state index in [1.807, 2.05) is 0 Å². The summed E-state index contributed by atoms with van der Waals surface area (Å²) in [6.07, 6.45) is 3.77. The minimum absolute atomic E-state index is 0.0219. The Hall–Kier alpha value is -1.84. The predicted octanol–water partition coefficient (Wildman–Crippen LogP) is 3.27. The number of anilines is 1. The standard InChI is InChI=1S/C16H21NO3/c1-11(2)10-20-15-7-6-12(9-18)8-14(15)17-16(19)13-4-3-5-13/h6-9,11,13H,3-5,10H2,1-2H3,(H,17,19). The normalized spacial score (nSPS) is 14.8. The van der Waals surface area contributed by atoms with E-state index in [9.17, 15) is 9.59 Å². The molecular weight excluding hydrogens is 254 g/mol. The first-order valence-corrected chi connectivity index (χ1v) is 7.13. The lowest BCUT2D eigenvalue weighted by molar-refractivity contribution is -0.122. The highest BCUT2D eigenvalue weighted by Crippen LogP contribution is 2.31. The van der Waals surface area contributed by atoms with Crippen LogP contribution in [0.2, 0.25) is 0 Å². The predicted molar refractivity (Wildman–Crippen MR) is 78.1 cm³/mol. The van der Waals surface area contributed by atoms with Gasteiger partial charge in [-0.05, 0) is 37.0 Å². The van der Waals surface area contributed by atoms with Gasteiger partial charge in [0.2, 0.25) is 5.91 Å². The Morgan fingerprint density at radius 3 is 2.75 bits per heavy atom. The van der Waals surface area contributed by atoms with Crippen molar-refractivity contribution in [3.63, 3.8) is 0 Å². The van der Waals surface area contributed by atoms with Crippen molar-refractivity contribution >= 4 is 17.9 Å². The van der Waals surface area contributed by atoms with Crippen LogP contribution in [0.3, 0.4) is 0 Å². The molecule has 0 radical (unpaired) electrons. The molecule has 0 heterocycles. The van der Waals surface area contributed by atoms with Gasteiger partial charge in [-0.25, -0.2) is 0 Å². The molecule has 0 bridgehead atoms. The van der Waals surface area contributed by atoms with Crippen molar-refractivity contribution < 1.29 is 14.3 Å². The molecule has 1 amide bonds. The molecule has 108 valence electrons. The van der Waals surface area contributed by atoms with Crippen LogP contribution >= 0.6 is 0 Å². The van der Waals surface area contributed by atoms with Crippen LogP contribution in [-0.2, 0) is 4.79 Å². The molecule has 20 heavy (non-hydrogen) atoms. The third-order valence-corrected chi connectivity index (χ3v) is 3.45. The van der Waals surface area contributed by atoms with Gasteiger partial charge < -0.3 is 10.1 Å². The van der Waals surface area contributed by atoms with E-state index in [1.165, 1.54) is 0 Å². The molecule has 1 saturated carbocycles. The Kier molecular flexibility index (Phi) is 4.77. The zero-order valence-corrected chi connectivity index (χ0v) is 12.0. The van der Waals surface area contributed by atoms with Crippen LogP contribution in [-0.4, -0.2) is 18.8 Å². The Bertz CT molecular complexity index is 492. The van der Waals surface area contributed by atoms with Gasteiger partial charge in [0.1, 0.15) is 12.0 Å². The molecule has 1 aliphatic rings. The van der Waals surface area contributed by atoms with Gasteiger partial charge in [0.25, 0.3) is 0 Å². The average Bonchev–Trinajstić information content (AvgIpc) is 2.34. The van der Waals surface area contributed by atoms with E-state index in [0.29, 0.717) is 29.5 Å². The fourth-order valence-corrected chi connectivity index (χ4v) is 2.01. The second-order valence-electron chi connectivity index (χ2n) is 5.70. The summed E-state index contributed by atoms with van der Waals surface area (Å²) in [6.45, 7) is 4.70. The highest BCUT2D eigenvalue weighted by molar-refractivity contribution is 5.95. The first-order valence-electron chi connectivity index (χ1n) is 7.13. The van der Waals surface area contributed by atoms with Crippen molar-refractivity contribution in [2.24, 2.45) is 11.8 Å². The third kappa shape index (κ3) is 3.59. The number of nitrogens with one attached hydrogen (secondary N) is 1. The topological polar surface area (TPSA) is 55.4 Å².